The van der Waals surface area contributed by atoms with E-state index in [9.17, 15) is 19.8 Å². The van der Waals surface area contributed by atoms with Crippen molar-refractivity contribution in [1.82, 2.24) is 4.90 Å². The summed E-state index contributed by atoms with van der Waals surface area (Å²) < 4.78 is 5.83. The molecular formula is C30H43NO6. The third-order valence-electron chi connectivity index (χ3n) is 6.31. The second-order valence-electron chi connectivity index (χ2n) is 10.7. The molecule has 0 unspecified atom stereocenters. The molecule has 0 aromatic heterocycles. The summed E-state index contributed by atoms with van der Waals surface area (Å²) in [5.41, 5.74) is -0.103. The molecule has 0 saturated carbocycles. The van der Waals surface area contributed by atoms with Crippen molar-refractivity contribution in [2.75, 3.05) is 33.4 Å². The fraction of sp³-hybridized carbons (Fsp3) is 0.533. The lowest BCUT2D eigenvalue weighted by Crippen LogP contribution is -2.32. The van der Waals surface area contributed by atoms with Crippen molar-refractivity contribution in [2.45, 2.75) is 70.6 Å². The summed E-state index contributed by atoms with van der Waals surface area (Å²) in [5.74, 6) is -0.684. The van der Waals surface area contributed by atoms with E-state index >= 15 is 0 Å². The molecule has 0 saturated heterocycles. The number of ether oxygens (including phenoxy) is 1. The van der Waals surface area contributed by atoms with Gasteiger partial charge in [0.1, 0.15) is 11.2 Å². The largest absolute Gasteiger partial charge is 0.396 e. The highest BCUT2D eigenvalue weighted by molar-refractivity contribution is 6.02. The quantitative estimate of drug-likeness (QED) is 0.228. The SMILES string of the molecule is CN(CCOCCCCCCO)C(c1ccc(C(=O)C(C)(C)O)cc1)c1ccc(C(=O)C(C)(C)O)cc1. The van der Waals surface area contributed by atoms with Gasteiger partial charge >= 0.3 is 0 Å². The van der Waals surface area contributed by atoms with Gasteiger partial charge < -0.3 is 20.1 Å². The van der Waals surface area contributed by atoms with Crippen molar-refractivity contribution < 1.29 is 29.6 Å². The number of carbonyl (C=O) groups excluding carboxylic acids is 2. The molecule has 2 aromatic rings. The minimum atomic E-state index is -1.45. The first-order chi connectivity index (χ1) is 17.4. The van der Waals surface area contributed by atoms with Crippen LogP contribution in [0.2, 0.25) is 0 Å². The molecule has 0 heterocycles. The Morgan fingerprint density at radius 2 is 1.19 bits per heavy atom. The second-order valence-corrected chi connectivity index (χ2v) is 10.7. The van der Waals surface area contributed by atoms with Gasteiger partial charge in [-0.1, -0.05) is 61.4 Å². The summed E-state index contributed by atoms with van der Waals surface area (Å²) in [6.07, 6.45) is 3.82. The first-order valence-corrected chi connectivity index (χ1v) is 13.0. The molecule has 37 heavy (non-hydrogen) atoms. The van der Waals surface area contributed by atoms with Gasteiger partial charge in [-0.25, -0.2) is 0 Å². The Kier molecular flexibility index (Phi) is 11.6. The van der Waals surface area contributed by atoms with E-state index in [0.29, 0.717) is 30.9 Å². The van der Waals surface area contributed by atoms with Crippen LogP contribution in [0.25, 0.3) is 0 Å². The van der Waals surface area contributed by atoms with Crippen LogP contribution in [0.3, 0.4) is 0 Å². The Hall–Kier alpha value is -2.42. The Labute approximate surface area is 221 Å². The number of hydrogen-bond acceptors (Lipinski definition) is 7. The molecule has 0 bridgehead atoms. The van der Waals surface area contributed by atoms with Crippen molar-refractivity contribution in [3.63, 3.8) is 0 Å². The highest BCUT2D eigenvalue weighted by atomic mass is 16.5. The summed E-state index contributed by atoms with van der Waals surface area (Å²) in [6.45, 7) is 8.02. The van der Waals surface area contributed by atoms with E-state index in [1.165, 1.54) is 27.7 Å². The molecule has 7 heteroatoms. The molecule has 0 atom stereocenters. The maximum Gasteiger partial charge on any atom is 0.193 e. The number of unbranched alkanes of at least 4 members (excludes halogenated alkanes) is 3. The second kappa shape index (κ2) is 13.9. The van der Waals surface area contributed by atoms with Gasteiger partial charge in [0.25, 0.3) is 0 Å². The van der Waals surface area contributed by atoms with Gasteiger partial charge in [-0.15, -0.1) is 0 Å². The molecule has 2 aromatic carbocycles. The topological polar surface area (TPSA) is 107 Å². The third-order valence-corrected chi connectivity index (χ3v) is 6.31. The molecule has 0 fully saturated rings. The molecule has 0 aliphatic heterocycles. The van der Waals surface area contributed by atoms with Crippen LogP contribution in [0.5, 0.6) is 0 Å². The Morgan fingerprint density at radius 3 is 1.59 bits per heavy atom. The molecule has 0 spiro atoms. The number of aliphatic hydroxyl groups excluding tert-OH is 1. The van der Waals surface area contributed by atoms with E-state index in [2.05, 4.69) is 4.90 Å². The van der Waals surface area contributed by atoms with Crippen molar-refractivity contribution in [1.29, 1.82) is 0 Å². The van der Waals surface area contributed by atoms with Gasteiger partial charge in [-0.3, -0.25) is 14.5 Å². The minimum absolute atomic E-state index is 0.161. The molecular weight excluding hydrogens is 470 g/mol. The molecule has 0 aliphatic rings. The first-order valence-electron chi connectivity index (χ1n) is 13.0. The highest BCUT2D eigenvalue weighted by Gasteiger charge is 2.27. The number of Topliss-reactive ketones (excluding diaryl/α,β-unsaturated/α-hetero) is 2. The van der Waals surface area contributed by atoms with Gasteiger partial charge in [0, 0.05) is 30.9 Å². The number of carbonyl (C=O) groups is 2. The van der Waals surface area contributed by atoms with Gasteiger partial charge in [-0.2, -0.15) is 0 Å². The fourth-order valence-electron chi connectivity index (χ4n) is 4.15. The van der Waals surface area contributed by atoms with Crippen molar-refractivity contribution in [3.05, 3.63) is 70.8 Å². The minimum Gasteiger partial charge on any atom is -0.396 e. The summed E-state index contributed by atoms with van der Waals surface area (Å²) in [5, 5.41) is 29.0. The number of nitrogens with zero attached hydrogens (tertiary/aromatic N) is 1. The van der Waals surface area contributed by atoms with Crippen LogP contribution in [0.1, 0.15) is 91.3 Å². The van der Waals surface area contributed by atoms with E-state index in [-0.39, 0.29) is 24.2 Å². The van der Waals surface area contributed by atoms with Crippen molar-refractivity contribution in [2.24, 2.45) is 0 Å². The predicted octanol–water partition coefficient (Wildman–Crippen LogP) is 4.18. The van der Waals surface area contributed by atoms with Crippen molar-refractivity contribution in [3.8, 4) is 0 Å². The van der Waals surface area contributed by atoms with Crippen LogP contribution in [0, 0.1) is 0 Å². The highest BCUT2D eigenvalue weighted by Crippen LogP contribution is 2.29. The monoisotopic (exact) mass is 513 g/mol. The van der Waals surface area contributed by atoms with Crippen LogP contribution in [-0.2, 0) is 4.74 Å². The van der Waals surface area contributed by atoms with E-state index in [1.54, 1.807) is 24.3 Å². The lowest BCUT2D eigenvalue weighted by Gasteiger charge is -2.29. The van der Waals surface area contributed by atoms with E-state index < -0.39 is 11.2 Å². The summed E-state index contributed by atoms with van der Waals surface area (Å²) in [4.78, 5) is 27.1. The predicted molar refractivity (Wildman–Crippen MR) is 145 cm³/mol. The third kappa shape index (κ3) is 9.43. The number of likely N-dealkylation sites (N-methyl/N-ethyl adjacent to an activating group) is 1. The average Bonchev–Trinajstić information content (AvgIpc) is 2.84. The van der Waals surface area contributed by atoms with E-state index in [0.717, 1.165) is 36.8 Å². The van der Waals surface area contributed by atoms with Crippen LogP contribution < -0.4 is 0 Å². The molecule has 0 aliphatic carbocycles. The lowest BCUT2D eigenvalue weighted by atomic mass is 9.91. The summed E-state index contributed by atoms with van der Waals surface area (Å²) >= 11 is 0. The van der Waals surface area contributed by atoms with Crippen LogP contribution in [0.15, 0.2) is 48.5 Å². The van der Waals surface area contributed by atoms with Gasteiger partial charge in [-0.05, 0) is 58.7 Å². The number of rotatable bonds is 16. The fourth-order valence-corrected chi connectivity index (χ4v) is 4.15. The van der Waals surface area contributed by atoms with Crippen LogP contribution in [0.4, 0.5) is 0 Å². The molecule has 7 nitrogen and oxygen atoms in total. The normalized spacial score (nSPS) is 12.4. The average molecular weight is 514 g/mol. The molecule has 2 rings (SSSR count). The van der Waals surface area contributed by atoms with Crippen LogP contribution in [-0.4, -0.2) is 76.4 Å². The zero-order valence-electron chi connectivity index (χ0n) is 22.9. The molecule has 3 N–H and O–H groups in total. The van der Waals surface area contributed by atoms with Gasteiger partial charge in [0.2, 0.25) is 0 Å². The number of benzene rings is 2. The lowest BCUT2D eigenvalue weighted by molar-refractivity contribution is 0.0487. The van der Waals surface area contributed by atoms with E-state index in [1.807, 2.05) is 31.3 Å². The maximum atomic E-state index is 12.5. The van der Waals surface area contributed by atoms with E-state index in [4.69, 9.17) is 9.84 Å². The number of ketones is 2. The molecule has 204 valence electrons. The Bertz CT molecular complexity index is 917. The maximum absolute atomic E-state index is 12.5. The van der Waals surface area contributed by atoms with Crippen molar-refractivity contribution >= 4 is 11.6 Å². The zero-order valence-corrected chi connectivity index (χ0v) is 22.9. The zero-order chi connectivity index (χ0) is 27.6. The Balaban J connectivity index is 2.20. The standard InChI is InChI=1S/C30H43NO6/c1-29(2,35)27(33)24-14-10-22(11-15-24)26(31(5)18-21-37-20-9-7-6-8-19-32)23-12-16-25(17-13-23)28(34)30(3,4)36/h10-17,26,32,35-36H,6-9,18-21H2,1-5H3. The number of hydrogen-bond donors (Lipinski definition) is 3. The molecule has 0 radical (unpaired) electrons. The smallest absolute Gasteiger partial charge is 0.193 e. The summed E-state index contributed by atoms with van der Waals surface area (Å²) in [7, 11) is 2.00. The van der Waals surface area contributed by atoms with Crippen LogP contribution >= 0.6 is 0 Å². The number of aliphatic hydroxyl groups is 3. The van der Waals surface area contributed by atoms with Gasteiger partial charge in [0.05, 0.1) is 12.6 Å². The van der Waals surface area contributed by atoms with Gasteiger partial charge in [0.15, 0.2) is 11.6 Å². The first kappa shape index (κ1) is 30.8. The molecule has 0 amide bonds. The Morgan fingerprint density at radius 1 is 0.757 bits per heavy atom. The summed E-state index contributed by atoms with van der Waals surface area (Å²) in [6, 6.07) is 14.3.